The second-order valence-corrected chi connectivity index (χ2v) is 8.21. The number of rotatable bonds is 7. The minimum atomic E-state index is -1.16. The maximum absolute atomic E-state index is 14.3. The molecule has 0 saturated carbocycles. The first-order valence-electron chi connectivity index (χ1n) is 11.1. The third-order valence-electron chi connectivity index (χ3n) is 5.94. The third kappa shape index (κ3) is 4.62. The van der Waals surface area contributed by atoms with Gasteiger partial charge in [0.05, 0.1) is 36.9 Å². The van der Waals surface area contributed by atoms with Crippen LogP contribution in [0.4, 0.5) is 8.78 Å². The number of hydrogen-bond acceptors (Lipinski definition) is 6. The van der Waals surface area contributed by atoms with Crippen molar-refractivity contribution >= 4 is 17.1 Å². The standard InChI is InChI=1S/C24H26F2N4O3/c1-31-8-9-32-17-5-7-30-20(14-28-23(30)12-17)19-3-2-15-10-16(25)11-22(24(15)29-19)33-21-4-6-27-13-18(21)26/h2-3,5,7,10-11,14,17-18,21,27H,4,6,8-9,12-13H2,1H3/t17?,18-,21+/m0/s1. The average molecular weight is 456 g/mol. The number of pyridine rings is 1. The number of benzene rings is 1. The predicted molar refractivity (Wildman–Crippen MR) is 120 cm³/mol. The molecule has 0 spiro atoms. The Hall–Kier alpha value is -2.88. The van der Waals surface area contributed by atoms with E-state index in [1.165, 1.54) is 12.1 Å². The molecular weight excluding hydrogens is 430 g/mol. The number of ether oxygens (including phenoxy) is 3. The highest BCUT2D eigenvalue weighted by Gasteiger charge is 2.27. The lowest BCUT2D eigenvalue weighted by atomic mass is 10.1. The van der Waals surface area contributed by atoms with Crippen molar-refractivity contribution in [3.63, 3.8) is 0 Å². The fraction of sp³-hybridized carbons (Fsp3) is 0.417. The summed E-state index contributed by atoms with van der Waals surface area (Å²) in [5.41, 5.74) is 1.97. The summed E-state index contributed by atoms with van der Waals surface area (Å²) < 4.78 is 47.3. The van der Waals surface area contributed by atoms with E-state index in [9.17, 15) is 8.78 Å². The Bertz CT molecular complexity index is 1170. The van der Waals surface area contributed by atoms with Gasteiger partial charge in [0, 0.05) is 37.7 Å². The molecule has 2 aliphatic heterocycles. The van der Waals surface area contributed by atoms with Gasteiger partial charge in [-0.05, 0) is 31.2 Å². The van der Waals surface area contributed by atoms with Gasteiger partial charge in [-0.15, -0.1) is 0 Å². The first-order chi connectivity index (χ1) is 16.1. The average Bonchev–Trinajstić information content (AvgIpc) is 3.24. The monoisotopic (exact) mass is 456 g/mol. The van der Waals surface area contributed by atoms with Gasteiger partial charge in [0.25, 0.3) is 0 Å². The van der Waals surface area contributed by atoms with E-state index in [0.717, 1.165) is 11.5 Å². The van der Waals surface area contributed by atoms with Crippen LogP contribution in [0.3, 0.4) is 0 Å². The van der Waals surface area contributed by atoms with E-state index >= 15 is 0 Å². The summed E-state index contributed by atoms with van der Waals surface area (Å²) in [6, 6.07) is 6.31. The van der Waals surface area contributed by atoms with Crippen molar-refractivity contribution in [3.05, 3.63) is 48.2 Å². The Balaban J connectivity index is 1.44. The molecule has 174 valence electrons. The molecule has 1 unspecified atom stereocenters. The number of aromatic nitrogens is 3. The molecule has 2 aromatic heterocycles. The Labute approximate surface area is 190 Å². The van der Waals surface area contributed by atoms with Crippen LogP contribution in [0.1, 0.15) is 12.2 Å². The van der Waals surface area contributed by atoms with E-state index in [0.29, 0.717) is 49.2 Å². The van der Waals surface area contributed by atoms with Gasteiger partial charge in [0.2, 0.25) is 0 Å². The molecule has 0 aliphatic carbocycles. The molecular formula is C24H26F2N4O3. The number of alkyl halides is 1. The van der Waals surface area contributed by atoms with Crippen LogP contribution in [0, 0.1) is 5.82 Å². The molecule has 1 fully saturated rings. The van der Waals surface area contributed by atoms with Crippen molar-refractivity contribution in [3.8, 4) is 17.1 Å². The number of imidazole rings is 1. The van der Waals surface area contributed by atoms with Gasteiger partial charge in [-0.2, -0.15) is 0 Å². The molecule has 4 heterocycles. The number of methoxy groups -OCH3 is 1. The van der Waals surface area contributed by atoms with Crippen LogP contribution in [-0.4, -0.2) is 66.3 Å². The SMILES string of the molecule is COCCOC1C=Cn2c(-c3ccc4cc(F)cc(O[C@@H]5CCNC[C@@H]5F)c4n3)cnc2C1. The maximum atomic E-state index is 14.3. The third-order valence-corrected chi connectivity index (χ3v) is 5.94. The van der Waals surface area contributed by atoms with Crippen molar-refractivity contribution < 1.29 is 23.0 Å². The highest BCUT2D eigenvalue weighted by Crippen LogP contribution is 2.32. The van der Waals surface area contributed by atoms with E-state index in [-0.39, 0.29) is 18.4 Å². The van der Waals surface area contributed by atoms with Crippen LogP contribution in [0.25, 0.3) is 28.5 Å². The molecule has 3 atom stereocenters. The van der Waals surface area contributed by atoms with Crippen LogP contribution in [0.5, 0.6) is 5.75 Å². The van der Waals surface area contributed by atoms with E-state index in [4.69, 9.17) is 19.2 Å². The summed E-state index contributed by atoms with van der Waals surface area (Å²) in [5, 5.41) is 3.59. The fourth-order valence-electron chi connectivity index (χ4n) is 4.23. The Morgan fingerprint density at radius 1 is 1.24 bits per heavy atom. The van der Waals surface area contributed by atoms with Gasteiger partial charge in [-0.3, -0.25) is 0 Å². The van der Waals surface area contributed by atoms with E-state index < -0.39 is 18.1 Å². The zero-order valence-electron chi connectivity index (χ0n) is 18.3. The maximum Gasteiger partial charge on any atom is 0.149 e. The van der Waals surface area contributed by atoms with Crippen LogP contribution in [0.2, 0.25) is 0 Å². The number of halogens is 2. The second kappa shape index (κ2) is 9.54. The fourth-order valence-corrected chi connectivity index (χ4v) is 4.23. The molecule has 9 heteroatoms. The summed E-state index contributed by atoms with van der Waals surface area (Å²) in [6.07, 6.45) is 4.96. The van der Waals surface area contributed by atoms with E-state index in [2.05, 4.69) is 10.3 Å². The molecule has 1 aromatic carbocycles. The Morgan fingerprint density at radius 3 is 3.00 bits per heavy atom. The number of nitrogens with one attached hydrogen (secondary N) is 1. The van der Waals surface area contributed by atoms with Gasteiger partial charge in [-0.25, -0.2) is 18.7 Å². The van der Waals surface area contributed by atoms with E-state index in [1.54, 1.807) is 19.4 Å². The Morgan fingerprint density at radius 2 is 2.15 bits per heavy atom. The number of hydrogen-bond donors (Lipinski definition) is 1. The van der Waals surface area contributed by atoms with Gasteiger partial charge in [0.1, 0.15) is 35.2 Å². The van der Waals surface area contributed by atoms with Gasteiger partial charge < -0.3 is 24.1 Å². The summed E-state index contributed by atoms with van der Waals surface area (Å²) in [4.78, 5) is 9.31. The second-order valence-electron chi connectivity index (χ2n) is 8.21. The number of fused-ring (bicyclic) bond motifs is 2. The topological polar surface area (TPSA) is 70.4 Å². The molecule has 0 bridgehead atoms. The highest BCUT2D eigenvalue weighted by molar-refractivity contribution is 5.86. The molecule has 1 N–H and O–H groups in total. The smallest absolute Gasteiger partial charge is 0.149 e. The molecule has 1 saturated heterocycles. The summed E-state index contributed by atoms with van der Waals surface area (Å²) in [7, 11) is 1.64. The largest absolute Gasteiger partial charge is 0.485 e. The summed E-state index contributed by atoms with van der Waals surface area (Å²) in [6.45, 7) is 1.93. The van der Waals surface area contributed by atoms with Crippen LogP contribution >= 0.6 is 0 Å². The number of piperidine rings is 1. The molecule has 7 nitrogen and oxygen atoms in total. The van der Waals surface area contributed by atoms with Crippen LogP contribution < -0.4 is 10.1 Å². The minimum absolute atomic E-state index is 0.0610. The molecule has 2 aliphatic rings. The zero-order chi connectivity index (χ0) is 22.8. The van der Waals surface area contributed by atoms with Crippen molar-refractivity contribution in [2.45, 2.75) is 31.2 Å². The number of nitrogens with zero attached hydrogens (tertiary/aromatic N) is 3. The minimum Gasteiger partial charge on any atom is -0.485 e. The highest BCUT2D eigenvalue weighted by atomic mass is 19.1. The molecule has 33 heavy (non-hydrogen) atoms. The quantitative estimate of drug-likeness (QED) is 0.550. The first kappa shape index (κ1) is 21.9. The van der Waals surface area contributed by atoms with Crippen molar-refractivity contribution in [1.29, 1.82) is 0 Å². The first-order valence-corrected chi connectivity index (χ1v) is 11.1. The van der Waals surface area contributed by atoms with Gasteiger partial charge in [0.15, 0.2) is 0 Å². The molecule has 5 rings (SSSR count). The van der Waals surface area contributed by atoms with Crippen LogP contribution in [-0.2, 0) is 15.9 Å². The zero-order valence-corrected chi connectivity index (χ0v) is 18.3. The lowest BCUT2D eigenvalue weighted by Gasteiger charge is -2.27. The van der Waals surface area contributed by atoms with Crippen molar-refractivity contribution in [1.82, 2.24) is 19.9 Å². The lowest BCUT2D eigenvalue weighted by molar-refractivity contribution is 0.0382. The Kier molecular flexibility index (Phi) is 6.34. The van der Waals surface area contributed by atoms with E-state index in [1.807, 2.05) is 22.9 Å². The van der Waals surface area contributed by atoms with Crippen molar-refractivity contribution in [2.24, 2.45) is 0 Å². The molecule has 3 aromatic rings. The normalized spacial score (nSPS) is 22.5. The van der Waals surface area contributed by atoms with Crippen LogP contribution in [0.15, 0.2) is 36.5 Å². The van der Waals surface area contributed by atoms with Crippen molar-refractivity contribution in [2.75, 3.05) is 33.4 Å². The molecule has 0 amide bonds. The summed E-state index contributed by atoms with van der Waals surface area (Å²) >= 11 is 0. The lowest BCUT2D eigenvalue weighted by Crippen LogP contribution is -2.44. The summed E-state index contributed by atoms with van der Waals surface area (Å²) in [5.74, 6) is 0.671. The van der Waals surface area contributed by atoms with Gasteiger partial charge >= 0.3 is 0 Å². The molecule has 0 radical (unpaired) electrons. The predicted octanol–water partition coefficient (Wildman–Crippen LogP) is 3.37. The van der Waals surface area contributed by atoms with Gasteiger partial charge in [-0.1, -0.05) is 6.07 Å².